The highest BCUT2D eigenvalue weighted by Gasteiger charge is 2.28. The fourth-order valence-electron chi connectivity index (χ4n) is 4.04. The second kappa shape index (κ2) is 10.6. The largest absolute Gasteiger partial charge is 0.352 e. The van der Waals surface area contributed by atoms with Gasteiger partial charge in [0.25, 0.3) is 0 Å². The molecule has 2 aromatic carbocycles. The Morgan fingerprint density at radius 2 is 1.77 bits per heavy atom. The Labute approximate surface area is 184 Å². The molecule has 1 aliphatic carbocycles. The van der Waals surface area contributed by atoms with Gasteiger partial charge in [0.15, 0.2) is 0 Å². The fourth-order valence-corrected chi connectivity index (χ4v) is 4.16. The zero-order valence-electron chi connectivity index (χ0n) is 17.9. The van der Waals surface area contributed by atoms with Gasteiger partial charge >= 0.3 is 0 Å². The summed E-state index contributed by atoms with van der Waals surface area (Å²) in [7, 11) is 0. The molecule has 0 aromatic heterocycles. The first kappa shape index (κ1) is 22.4. The lowest BCUT2D eigenvalue weighted by molar-refractivity contribution is -0.140. The summed E-state index contributed by atoms with van der Waals surface area (Å²) in [5.74, 6) is -0.135. The Bertz CT molecular complexity index is 860. The van der Waals surface area contributed by atoms with Crippen molar-refractivity contribution >= 4 is 23.4 Å². The molecule has 0 saturated heterocycles. The average Bonchev–Trinajstić information content (AvgIpc) is 2.74. The summed E-state index contributed by atoms with van der Waals surface area (Å²) >= 11 is 5.97. The molecule has 2 amide bonds. The van der Waals surface area contributed by atoms with Crippen molar-refractivity contribution in [3.63, 3.8) is 0 Å². The number of carbonyl (C=O) groups excluding carboxylic acids is 2. The second-order valence-electron chi connectivity index (χ2n) is 8.33. The van der Waals surface area contributed by atoms with E-state index in [1.54, 1.807) is 17.0 Å². The Kier molecular flexibility index (Phi) is 7.92. The number of hydrogen-bond donors (Lipinski definition) is 1. The van der Waals surface area contributed by atoms with Crippen molar-refractivity contribution in [2.75, 3.05) is 0 Å². The number of amides is 2. The lowest BCUT2D eigenvalue weighted by Gasteiger charge is -2.31. The van der Waals surface area contributed by atoms with Crippen LogP contribution in [0.5, 0.6) is 0 Å². The van der Waals surface area contributed by atoms with Gasteiger partial charge in [-0.2, -0.15) is 0 Å². The highest BCUT2D eigenvalue weighted by Crippen LogP contribution is 2.19. The molecule has 3 rings (SSSR count). The number of nitrogens with zero attached hydrogens (tertiary/aromatic N) is 1. The van der Waals surface area contributed by atoms with E-state index >= 15 is 0 Å². The smallest absolute Gasteiger partial charge is 0.242 e. The van der Waals surface area contributed by atoms with Gasteiger partial charge in [-0.1, -0.05) is 72.8 Å². The van der Waals surface area contributed by atoms with E-state index in [0.717, 1.165) is 42.4 Å². The molecule has 1 atom stereocenters. The van der Waals surface area contributed by atoms with Gasteiger partial charge in [0, 0.05) is 17.6 Å². The Morgan fingerprint density at radius 1 is 1.07 bits per heavy atom. The molecule has 0 spiro atoms. The van der Waals surface area contributed by atoms with Crippen LogP contribution in [0.2, 0.25) is 5.02 Å². The molecule has 5 heteroatoms. The van der Waals surface area contributed by atoms with Crippen molar-refractivity contribution in [3.05, 3.63) is 70.2 Å². The molecule has 1 saturated carbocycles. The van der Waals surface area contributed by atoms with Gasteiger partial charge < -0.3 is 10.2 Å². The predicted octanol–water partition coefficient (Wildman–Crippen LogP) is 5.06. The molecule has 30 heavy (non-hydrogen) atoms. The number of halogens is 1. The fraction of sp³-hybridized carbons (Fsp3) is 0.440. The molecule has 1 aliphatic rings. The third kappa shape index (κ3) is 6.33. The van der Waals surface area contributed by atoms with Crippen LogP contribution in [0.3, 0.4) is 0 Å². The molecule has 1 N–H and O–H groups in total. The molecule has 0 bridgehead atoms. The number of nitrogens with one attached hydrogen (secondary N) is 1. The van der Waals surface area contributed by atoms with Crippen LogP contribution in [-0.2, 0) is 22.6 Å². The maximum absolute atomic E-state index is 13.2. The van der Waals surface area contributed by atoms with Gasteiger partial charge in [-0.15, -0.1) is 0 Å². The number of benzene rings is 2. The van der Waals surface area contributed by atoms with Crippen molar-refractivity contribution in [3.8, 4) is 0 Å². The Balaban J connectivity index is 1.75. The van der Waals surface area contributed by atoms with E-state index in [4.69, 9.17) is 11.6 Å². The number of carbonyl (C=O) groups is 2. The maximum Gasteiger partial charge on any atom is 0.242 e. The number of rotatable bonds is 7. The first-order valence-electron chi connectivity index (χ1n) is 10.8. The van der Waals surface area contributed by atoms with Crippen LogP contribution in [0.15, 0.2) is 48.5 Å². The molecular formula is C25H31ClN2O2. The molecule has 4 nitrogen and oxygen atoms in total. The number of aryl methyl sites for hydroxylation is 1. The average molecular weight is 427 g/mol. The first-order chi connectivity index (χ1) is 14.4. The van der Waals surface area contributed by atoms with Gasteiger partial charge in [0.2, 0.25) is 11.8 Å². The summed E-state index contributed by atoms with van der Waals surface area (Å²) < 4.78 is 0. The third-order valence-electron chi connectivity index (χ3n) is 5.82. The molecule has 0 radical (unpaired) electrons. The summed E-state index contributed by atoms with van der Waals surface area (Å²) in [5.41, 5.74) is 3.05. The minimum Gasteiger partial charge on any atom is -0.352 e. The minimum atomic E-state index is -0.535. The van der Waals surface area contributed by atoms with Crippen LogP contribution in [-0.4, -0.2) is 28.8 Å². The van der Waals surface area contributed by atoms with Crippen LogP contribution in [0, 0.1) is 6.92 Å². The second-order valence-corrected chi connectivity index (χ2v) is 8.77. The number of hydrogen-bond acceptors (Lipinski definition) is 2. The topological polar surface area (TPSA) is 49.4 Å². The van der Waals surface area contributed by atoms with E-state index < -0.39 is 6.04 Å². The first-order valence-corrected chi connectivity index (χ1v) is 11.2. The predicted molar refractivity (Wildman–Crippen MR) is 121 cm³/mol. The van der Waals surface area contributed by atoms with E-state index in [1.807, 2.05) is 44.2 Å². The standard InChI is InChI=1S/C25H31ClN2O2/c1-18-7-6-8-21(15-18)17-28(24(29)16-20-11-13-22(26)14-12-20)19(2)25(30)27-23-9-4-3-5-10-23/h6-8,11-15,19,23H,3-5,9-10,16-17H2,1-2H3,(H,27,30)/t19-/m1/s1. The van der Waals surface area contributed by atoms with Crippen LogP contribution in [0.1, 0.15) is 55.7 Å². The van der Waals surface area contributed by atoms with Gasteiger partial charge in [-0.05, 0) is 49.9 Å². The van der Waals surface area contributed by atoms with E-state index in [2.05, 4.69) is 11.4 Å². The molecule has 1 fully saturated rings. The van der Waals surface area contributed by atoms with Crippen LogP contribution in [0.4, 0.5) is 0 Å². The van der Waals surface area contributed by atoms with E-state index in [1.165, 1.54) is 6.42 Å². The van der Waals surface area contributed by atoms with Crippen molar-refractivity contribution < 1.29 is 9.59 Å². The summed E-state index contributed by atoms with van der Waals surface area (Å²) in [5, 5.41) is 3.81. The van der Waals surface area contributed by atoms with Gasteiger partial charge in [0.05, 0.1) is 6.42 Å². The zero-order valence-corrected chi connectivity index (χ0v) is 18.6. The van der Waals surface area contributed by atoms with E-state index in [9.17, 15) is 9.59 Å². The summed E-state index contributed by atoms with van der Waals surface area (Å²) in [4.78, 5) is 27.9. The third-order valence-corrected chi connectivity index (χ3v) is 6.07. The summed E-state index contributed by atoms with van der Waals surface area (Å²) in [6.07, 6.45) is 5.83. The molecule has 0 unspecified atom stereocenters. The lowest BCUT2D eigenvalue weighted by Crippen LogP contribution is -2.50. The van der Waals surface area contributed by atoms with Crippen LogP contribution < -0.4 is 5.32 Å². The highest BCUT2D eigenvalue weighted by molar-refractivity contribution is 6.30. The van der Waals surface area contributed by atoms with Gasteiger partial charge in [-0.3, -0.25) is 9.59 Å². The maximum atomic E-state index is 13.2. The molecular weight excluding hydrogens is 396 g/mol. The van der Waals surface area contributed by atoms with Crippen LogP contribution >= 0.6 is 11.6 Å². The van der Waals surface area contributed by atoms with Crippen molar-refractivity contribution in [1.82, 2.24) is 10.2 Å². The quantitative estimate of drug-likeness (QED) is 0.672. The van der Waals surface area contributed by atoms with Gasteiger partial charge in [-0.25, -0.2) is 0 Å². The lowest BCUT2D eigenvalue weighted by atomic mass is 9.95. The molecule has 160 valence electrons. The van der Waals surface area contributed by atoms with E-state index in [-0.39, 0.29) is 24.3 Å². The molecule has 2 aromatic rings. The minimum absolute atomic E-state index is 0.0647. The van der Waals surface area contributed by atoms with Crippen LogP contribution in [0.25, 0.3) is 0 Å². The zero-order chi connectivity index (χ0) is 21.5. The molecule has 0 aliphatic heterocycles. The Hall–Kier alpha value is -2.33. The van der Waals surface area contributed by atoms with Crippen molar-refractivity contribution in [2.45, 2.75) is 71.0 Å². The monoisotopic (exact) mass is 426 g/mol. The van der Waals surface area contributed by atoms with Crippen molar-refractivity contribution in [2.24, 2.45) is 0 Å². The summed E-state index contributed by atoms with van der Waals surface area (Å²) in [6, 6.07) is 15.1. The Morgan fingerprint density at radius 3 is 2.43 bits per heavy atom. The van der Waals surface area contributed by atoms with Crippen molar-refractivity contribution in [1.29, 1.82) is 0 Å². The van der Waals surface area contributed by atoms with Gasteiger partial charge in [0.1, 0.15) is 6.04 Å². The highest BCUT2D eigenvalue weighted by atomic mass is 35.5. The van der Waals surface area contributed by atoms with E-state index in [0.29, 0.717) is 11.6 Å². The normalized spacial score (nSPS) is 15.4. The SMILES string of the molecule is Cc1cccc(CN(C(=O)Cc2ccc(Cl)cc2)[C@H](C)C(=O)NC2CCCCC2)c1. The summed E-state index contributed by atoms with van der Waals surface area (Å²) in [6.45, 7) is 4.27. The molecule has 0 heterocycles.